The van der Waals surface area contributed by atoms with Gasteiger partial charge in [0.05, 0.1) is 12.5 Å². The van der Waals surface area contributed by atoms with E-state index in [1.807, 2.05) is 0 Å². The number of halogens is 2. The van der Waals surface area contributed by atoms with Gasteiger partial charge < -0.3 is 9.84 Å². The van der Waals surface area contributed by atoms with Gasteiger partial charge in [0.1, 0.15) is 17.2 Å². The molecule has 0 aromatic heterocycles. The average Bonchev–Trinajstić information content (AvgIpc) is 2.12. The van der Waals surface area contributed by atoms with Crippen LogP contribution in [-0.2, 0) is 9.53 Å². The molecule has 0 aliphatic rings. The van der Waals surface area contributed by atoms with E-state index in [1.54, 1.807) is 20.8 Å². The van der Waals surface area contributed by atoms with Crippen LogP contribution in [0.15, 0.2) is 18.2 Å². The van der Waals surface area contributed by atoms with Crippen LogP contribution in [0.3, 0.4) is 0 Å². The van der Waals surface area contributed by atoms with E-state index >= 15 is 0 Å². The summed E-state index contributed by atoms with van der Waals surface area (Å²) < 4.78 is 30.9. The third kappa shape index (κ3) is 4.79. The monoisotopic (exact) mass is 258 g/mol. The Labute approximate surface area is 104 Å². The lowest BCUT2D eigenvalue weighted by Crippen LogP contribution is -2.25. The second kappa shape index (κ2) is 5.44. The number of rotatable bonds is 3. The van der Waals surface area contributed by atoms with Crippen molar-refractivity contribution in [1.29, 1.82) is 0 Å². The molecule has 0 aliphatic carbocycles. The molecule has 100 valence electrons. The topological polar surface area (TPSA) is 46.5 Å². The van der Waals surface area contributed by atoms with Gasteiger partial charge in [0.15, 0.2) is 0 Å². The van der Waals surface area contributed by atoms with Crippen molar-refractivity contribution in [3.63, 3.8) is 0 Å². The highest BCUT2D eigenvalue weighted by Crippen LogP contribution is 2.21. The van der Waals surface area contributed by atoms with Crippen LogP contribution in [0.25, 0.3) is 0 Å². The van der Waals surface area contributed by atoms with E-state index < -0.39 is 29.3 Å². The smallest absolute Gasteiger partial charge is 0.309 e. The molecule has 0 amide bonds. The van der Waals surface area contributed by atoms with Crippen molar-refractivity contribution in [2.45, 2.75) is 38.9 Å². The molecule has 1 unspecified atom stereocenters. The van der Waals surface area contributed by atoms with Gasteiger partial charge in [-0.3, -0.25) is 4.79 Å². The SMILES string of the molecule is CC(C)(C)OC(=O)CC(O)c1cc(F)cc(F)c1. The highest BCUT2D eigenvalue weighted by Gasteiger charge is 2.20. The first kappa shape index (κ1) is 14.6. The van der Waals surface area contributed by atoms with Crippen molar-refractivity contribution in [2.75, 3.05) is 0 Å². The Morgan fingerprint density at radius 3 is 2.22 bits per heavy atom. The number of benzene rings is 1. The molecule has 0 saturated carbocycles. The molecule has 5 heteroatoms. The fourth-order valence-electron chi connectivity index (χ4n) is 1.43. The van der Waals surface area contributed by atoms with Gasteiger partial charge in [-0.15, -0.1) is 0 Å². The first-order chi connectivity index (χ1) is 8.17. The Bertz CT molecular complexity index is 418. The standard InChI is InChI=1S/C13H16F2O3/c1-13(2,3)18-12(17)7-11(16)8-4-9(14)6-10(15)5-8/h4-6,11,16H,7H2,1-3H3. The lowest BCUT2D eigenvalue weighted by molar-refractivity contribution is -0.157. The Morgan fingerprint density at radius 2 is 1.78 bits per heavy atom. The van der Waals surface area contributed by atoms with Gasteiger partial charge >= 0.3 is 5.97 Å². The van der Waals surface area contributed by atoms with E-state index in [0.29, 0.717) is 6.07 Å². The van der Waals surface area contributed by atoms with Gasteiger partial charge in [0.2, 0.25) is 0 Å². The molecule has 1 N–H and O–H groups in total. The van der Waals surface area contributed by atoms with Crippen molar-refractivity contribution < 1.29 is 23.4 Å². The number of hydrogen-bond acceptors (Lipinski definition) is 3. The molecular formula is C13H16F2O3. The molecule has 0 fully saturated rings. The van der Waals surface area contributed by atoms with Gasteiger partial charge in [-0.1, -0.05) is 0 Å². The minimum atomic E-state index is -1.29. The summed E-state index contributed by atoms with van der Waals surface area (Å²) in [6, 6.07) is 2.67. The Balaban J connectivity index is 2.70. The van der Waals surface area contributed by atoms with Crippen LogP contribution in [0.1, 0.15) is 38.9 Å². The van der Waals surface area contributed by atoms with Crippen LogP contribution in [0.2, 0.25) is 0 Å². The summed E-state index contributed by atoms with van der Waals surface area (Å²) in [7, 11) is 0. The van der Waals surface area contributed by atoms with Gasteiger partial charge in [-0.05, 0) is 38.5 Å². The van der Waals surface area contributed by atoms with Crippen molar-refractivity contribution in [3.8, 4) is 0 Å². The molecule has 0 saturated heterocycles. The fourth-order valence-corrected chi connectivity index (χ4v) is 1.43. The summed E-state index contributed by atoms with van der Waals surface area (Å²) in [6.45, 7) is 5.08. The fraction of sp³-hybridized carbons (Fsp3) is 0.462. The summed E-state index contributed by atoms with van der Waals surface area (Å²) in [5, 5.41) is 9.70. The van der Waals surface area contributed by atoms with Crippen LogP contribution in [0.5, 0.6) is 0 Å². The highest BCUT2D eigenvalue weighted by atomic mass is 19.1. The average molecular weight is 258 g/mol. The van der Waals surface area contributed by atoms with Gasteiger partial charge in [-0.2, -0.15) is 0 Å². The first-order valence-corrected chi connectivity index (χ1v) is 5.53. The number of aliphatic hydroxyl groups excluding tert-OH is 1. The lowest BCUT2D eigenvalue weighted by atomic mass is 10.1. The number of aliphatic hydroxyl groups is 1. The predicted molar refractivity (Wildman–Crippen MR) is 61.8 cm³/mol. The van der Waals surface area contributed by atoms with Crippen molar-refractivity contribution in [3.05, 3.63) is 35.4 Å². The molecule has 0 bridgehead atoms. The van der Waals surface area contributed by atoms with Crippen molar-refractivity contribution in [1.82, 2.24) is 0 Å². The third-order valence-corrected chi connectivity index (χ3v) is 2.05. The van der Waals surface area contributed by atoms with Gasteiger partial charge in [0.25, 0.3) is 0 Å². The minimum absolute atomic E-state index is 0.0124. The maximum atomic E-state index is 12.9. The van der Waals surface area contributed by atoms with Crippen LogP contribution in [-0.4, -0.2) is 16.7 Å². The molecule has 1 atom stereocenters. The summed E-state index contributed by atoms with van der Waals surface area (Å²) in [4.78, 5) is 11.4. The zero-order valence-electron chi connectivity index (χ0n) is 10.5. The second-order valence-electron chi connectivity index (χ2n) is 5.01. The highest BCUT2D eigenvalue weighted by molar-refractivity contribution is 5.70. The zero-order valence-corrected chi connectivity index (χ0v) is 10.5. The van der Waals surface area contributed by atoms with E-state index in [2.05, 4.69) is 0 Å². The number of ether oxygens (including phenoxy) is 1. The summed E-state index contributed by atoms with van der Waals surface area (Å²) in [6.07, 6.45) is -1.63. The van der Waals surface area contributed by atoms with E-state index in [9.17, 15) is 18.7 Å². The van der Waals surface area contributed by atoms with E-state index in [0.717, 1.165) is 12.1 Å². The lowest BCUT2D eigenvalue weighted by Gasteiger charge is -2.20. The number of esters is 1. The summed E-state index contributed by atoms with van der Waals surface area (Å²) >= 11 is 0. The molecule has 0 radical (unpaired) electrons. The molecule has 0 spiro atoms. The quantitative estimate of drug-likeness (QED) is 0.848. The predicted octanol–water partition coefficient (Wildman–Crippen LogP) is 2.73. The second-order valence-corrected chi connectivity index (χ2v) is 5.01. The number of carbonyl (C=O) groups is 1. The Hall–Kier alpha value is -1.49. The van der Waals surface area contributed by atoms with Crippen LogP contribution in [0.4, 0.5) is 8.78 Å². The van der Waals surface area contributed by atoms with Gasteiger partial charge in [-0.25, -0.2) is 8.78 Å². The molecule has 3 nitrogen and oxygen atoms in total. The number of carbonyl (C=O) groups excluding carboxylic acids is 1. The maximum absolute atomic E-state index is 12.9. The Kier molecular flexibility index (Phi) is 4.40. The summed E-state index contributed by atoms with van der Waals surface area (Å²) in [5.41, 5.74) is -0.650. The molecule has 1 aromatic rings. The molecule has 18 heavy (non-hydrogen) atoms. The van der Waals surface area contributed by atoms with E-state index in [-0.39, 0.29) is 12.0 Å². The third-order valence-electron chi connectivity index (χ3n) is 2.05. The van der Waals surface area contributed by atoms with Crippen molar-refractivity contribution >= 4 is 5.97 Å². The van der Waals surface area contributed by atoms with Crippen LogP contribution in [0, 0.1) is 11.6 Å². The minimum Gasteiger partial charge on any atom is -0.460 e. The molecule has 0 heterocycles. The zero-order chi connectivity index (χ0) is 13.9. The molecule has 1 aromatic carbocycles. The van der Waals surface area contributed by atoms with Crippen LogP contribution < -0.4 is 0 Å². The number of hydrogen-bond donors (Lipinski definition) is 1. The maximum Gasteiger partial charge on any atom is 0.309 e. The van der Waals surface area contributed by atoms with Crippen molar-refractivity contribution in [2.24, 2.45) is 0 Å². The van der Waals surface area contributed by atoms with Crippen LogP contribution >= 0.6 is 0 Å². The normalized spacial score (nSPS) is 13.2. The first-order valence-electron chi connectivity index (χ1n) is 5.53. The molecule has 0 aliphatic heterocycles. The van der Waals surface area contributed by atoms with E-state index in [1.165, 1.54) is 0 Å². The largest absolute Gasteiger partial charge is 0.460 e. The molecule has 1 rings (SSSR count). The Morgan fingerprint density at radius 1 is 1.28 bits per heavy atom. The summed E-state index contributed by atoms with van der Waals surface area (Å²) in [5.74, 6) is -2.22. The van der Waals surface area contributed by atoms with E-state index in [4.69, 9.17) is 4.74 Å². The molecular weight excluding hydrogens is 242 g/mol. The van der Waals surface area contributed by atoms with Gasteiger partial charge in [0, 0.05) is 6.07 Å².